The fraction of sp³-hybridized carbons (Fsp3) is 0.641. The molecule has 0 radical (unpaired) electrons. The molecule has 4 heterocycles. The number of hydrogen-bond acceptors (Lipinski definition) is 52. The van der Waals surface area contributed by atoms with E-state index in [4.69, 9.17) is 28.4 Å². The Bertz CT molecular complexity index is 5390. The quantitative estimate of drug-likeness (QED) is 0.0216. The zero-order valence-corrected chi connectivity index (χ0v) is 70.0. The van der Waals surface area contributed by atoms with Gasteiger partial charge in [0.15, 0.2) is 24.8 Å². The highest BCUT2D eigenvalue weighted by Crippen LogP contribution is 2.44. The zero-order chi connectivity index (χ0) is 92.2. The minimum atomic E-state index is -6.31. The van der Waals surface area contributed by atoms with E-state index in [1.807, 2.05) is 0 Å². The first-order valence-electron chi connectivity index (χ1n) is 29.5. The summed E-state index contributed by atoms with van der Waals surface area (Å²) in [6, 6.07) is 7.30. The predicted molar refractivity (Wildman–Crippen MR) is 365 cm³/mol. The van der Waals surface area contributed by atoms with Crippen molar-refractivity contribution in [2.75, 3.05) is 37.1 Å². The summed E-state index contributed by atoms with van der Waals surface area (Å²) in [6.07, 6.45) is -58.4. The molecule has 2 amide bonds. The molecule has 4 saturated heterocycles. The number of carbonyl (C=O) groups excluding carboxylic acids is 2. The Morgan fingerprint density at radius 2 is 0.463 bits per heavy atom. The van der Waals surface area contributed by atoms with Gasteiger partial charge >= 0.3 is 146 Å². The third-order valence-corrected chi connectivity index (χ3v) is 22.6. The molecule has 20 atom stereocenters. The van der Waals surface area contributed by atoms with E-state index in [0.29, 0.717) is 0 Å². The molecule has 82 heteroatoms. The van der Waals surface area contributed by atoms with Crippen molar-refractivity contribution in [1.82, 2.24) is 0 Å². The van der Waals surface area contributed by atoms with Gasteiger partial charge in [0.05, 0.1) is 26.4 Å². The predicted octanol–water partition coefficient (Wildman–Crippen LogP) is -8.33. The number of amides is 2. The third-order valence-electron chi connectivity index (χ3n) is 13.9. The molecule has 2 aromatic rings. The Morgan fingerprint density at radius 3 is 0.686 bits per heavy atom. The molecule has 66 nitrogen and oxygen atoms in total. The van der Waals surface area contributed by atoms with Gasteiger partial charge in [-0.3, -0.25) is 73.3 Å². The summed E-state index contributed by atoms with van der Waals surface area (Å²) < 4.78 is 568. The van der Waals surface area contributed by atoms with Crippen LogP contribution in [0.5, 0.6) is 0 Å². The second-order valence-electron chi connectivity index (χ2n) is 22.7. The summed E-state index contributed by atoms with van der Waals surface area (Å²) in [7, 11) is -85.7. The molecule has 0 bridgehead atoms. The summed E-state index contributed by atoms with van der Waals surface area (Å²) in [6.45, 7) is -7.73. The summed E-state index contributed by atoms with van der Waals surface area (Å²) in [5.74, 6) is -2.47. The summed E-state index contributed by atoms with van der Waals surface area (Å²) in [5.41, 5.74) is -5.62. The number of anilines is 2. The molecule has 0 aromatic heterocycles. The van der Waals surface area contributed by atoms with Gasteiger partial charge in [-0.05, 0) is 48.5 Å². The molecular weight excluding hydrogens is 2030 g/mol. The Kier molecular flexibility index (Phi) is 35.3. The number of carbonyl (C=O) groups is 2. The normalized spacial score (nSPS) is 28.9. The highest BCUT2D eigenvalue weighted by atomic mass is 32.3. The van der Waals surface area contributed by atoms with E-state index >= 15 is 0 Å². The molecule has 4 aliphatic rings. The number of hydrogen-bond donors (Lipinski definition) is 16. The van der Waals surface area contributed by atoms with Crippen LogP contribution in [-0.2, 0) is 242 Å². The average Bonchev–Trinajstić information content (AvgIpc) is 0.752. The molecule has 700 valence electrons. The lowest BCUT2D eigenvalue weighted by molar-refractivity contribution is -0.325. The number of nitrogens with one attached hydrogen (secondary N) is 2. The zero-order valence-electron chi connectivity index (χ0n) is 56.9. The van der Waals surface area contributed by atoms with Gasteiger partial charge < -0.3 is 39.1 Å². The molecule has 0 aliphatic carbocycles. The van der Waals surface area contributed by atoms with Crippen molar-refractivity contribution in [2.24, 2.45) is 0 Å². The van der Waals surface area contributed by atoms with E-state index in [1.165, 1.54) is 0 Å². The fourth-order valence-corrected chi connectivity index (χ4v) is 18.8. The van der Waals surface area contributed by atoms with Gasteiger partial charge in [-0.2, -0.15) is 118 Å². The SMILES string of the molecule is O=C(CC(=O)Nc1ccc(S[C@@H]2O[C@H](COS(=O)(=O)O)[C@@H](O[C@@H]3O[C@H](COS(=O)(=O)O)[C@@H](OS(=O)(=O)O)[C@H](OS(=O)(=O)O)[C@H]3OS(=O)(=O)O)[C@H](OS(=O)(=O)O)[C@H]2OS(=O)(=O)O)cc1)Nc1ccc(S[C@@H]2O[C@H](COS(=O)(=O)O)[C@@H](O[C@@H]3O[C@H](COS(=O)(=O)O)[C@@H](OS(=O)(=O)O)[C@H](OS(=O)(=O)O)[C@H]3OS(=O)(=O)O)[C@H](OS(=O)(=O)O)[C@H]2OS(=O)(=O)O)cc1. The molecule has 0 spiro atoms. The van der Waals surface area contributed by atoms with Crippen LogP contribution in [0.15, 0.2) is 58.3 Å². The molecule has 0 unspecified atom stereocenters. The molecule has 0 saturated carbocycles. The van der Waals surface area contributed by atoms with E-state index in [1.54, 1.807) is 0 Å². The van der Waals surface area contributed by atoms with Crippen molar-refractivity contribution in [1.29, 1.82) is 0 Å². The van der Waals surface area contributed by atoms with Crippen LogP contribution in [0.25, 0.3) is 0 Å². The first-order valence-corrected chi connectivity index (χ1v) is 50.4. The van der Waals surface area contributed by atoms with Crippen LogP contribution in [0.4, 0.5) is 11.4 Å². The maximum atomic E-state index is 13.2. The van der Waals surface area contributed by atoms with Crippen molar-refractivity contribution in [3.63, 3.8) is 0 Å². The van der Waals surface area contributed by atoms with Crippen molar-refractivity contribution in [3.05, 3.63) is 48.5 Å². The van der Waals surface area contributed by atoms with Gasteiger partial charge in [-0.25, -0.2) is 58.6 Å². The van der Waals surface area contributed by atoms with Gasteiger partial charge in [0.2, 0.25) is 11.8 Å². The minimum Gasteiger partial charge on any atom is -0.356 e. The van der Waals surface area contributed by atoms with Crippen molar-refractivity contribution < 1.29 is 278 Å². The standard InChI is InChI=1S/C39H54N2O64S16/c42-22(40-14-1-5-16(6-2-14)106-38-34(104-120(80,81)82)28(98-114(62,63)64)24(18(92-38)10-86-108(44,45)46)94-36-32(102-118(74,75)76)30(100-116(68,69)70)26(96-112(56,57)58)20(90-36)12-88-110(50,51)52)9-23(43)41-15-3-7-17(8-4-15)107-39-35(105-121(83,84)85)29(99-115(65,66)67)25(19(93-39)11-87-109(47,48)49)95-37-33(103-119(77,78)79)31(101-117(71,72)73)27(97-113(59,60)61)21(91-37)13-89-111(53,54)55/h1-8,18-21,24-39H,9-13H2,(H,40,42)(H,41,43)(H,44,45,46)(H,47,48,49)(H,50,51,52)(H,53,54,55)(H,56,57,58)(H,59,60,61)(H,62,63,64)(H,65,66,67)(H,68,69,70)(H,71,72,73)(H,74,75,76)(H,77,78,79)(H,80,81,82)(H,83,84,85)/t18-,19-,20-,21-,24-,25-,26-,27-,28+,29+,30+,31+,32-,33-,34-,35-,36+,37+,38+,39+/m1/s1. The smallest absolute Gasteiger partial charge is 0.356 e. The number of ether oxygens (including phenoxy) is 6. The maximum absolute atomic E-state index is 13.2. The first-order chi connectivity index (χ1) is 54.4. The van der Waals surface area contributed by atoms with Crippen LogP contribution >= 0.6 is 23.5 Å². The Morgan fingerprint density at radius 1 is 0.264 bits per heavy atom. The van der Waals surface area contributed by atoms with Crippen molar-refractivity contribution in [3.8, 4) is 0 Å². The van der Waals surface area contributed by atoms with Gasteiger partial charge in [0, 0.05) is 21.2 Å². The average molecular weight is 2090 g/mol. The van der Waals surface area contributed by atoms with E-state index in [-0.39, 0.29) is 44.7 Å². The number of thioether (sulfide) groups is 2. The van der Waals surface area contributed by atoms with Crippen LogP contribution in [0.2, 0.25) is 0 Å². The van der Waals surface area contributed by atoms with Gasteiger partial charge in [0.1, 0.15) is 103 Å². The van der Waals surface area contributed by atoms with E-state index < -0.39 is 311 Å². The van der Waals surface area contributed by atoms with Crippen LogP contribution in [0.1, 0.15) is 6.42 Å². The van der Waals surface area contributed by atoms with Crippen LogP contribution in [-0.4, -0.2) is 341 Å². The van der Waals surface area contributed by atoms with E-state index in [2.05, 4.69) is 69.2 Å². The number of rotatable bonds is 44. The van der Waals surface area contributed by atoms with Gasteiger partial charge in [-0.15, -0.1) is 0 Å². The van der Waals surface area contributed by atoms with E-state index in [0.717, 1.165) is 48.5 Å². The largest absolute Gasteiger partial charge is 0.397 e. The van der Waals surface area contributed by atoms with E-state index in [9.17, 15) is 191 Å². The Balaban J connectivity index is 1.29. The molecule has 16 N–H and O–H groups in total. The molecule has 4 fully saturated rings. The maximum Gasteiger partial charge on any atom is 0.397 e. The van der Waals surface area contributed by atoms with Gasteiger partial charge in [-0.1, -0.05) is 23.5 Å². The topological polar surface area (TPSA) is 1000 Å². The molecule has 4 aliphatic heterocycles. The van der Waals surface area contributed by atoms with Crippen LogP contribution < -0.4 is 10.6 Å². The molecule has 121 heavy (non-hydrogen) atoms. The lowest BCUT2D eigenvalue weighted by Crippen LogP contribution is -2.66. The monoisotopic (exact) mass is 2090 g/mol. The molecule has 6 rings (SSSR count). The lowest BCUT2D eigenvalue weighted by Gasteiger charge is -2.48. The lowest BCUT2D eigenvalue weighted by atomic mass is 9.97. The van der Waals surface area contributed by atoms with Crippen molar-refractivity contribution >= 4 is 192 Å². The fourth-order valence-electron chi connectivity index (χ4n) is 10.3. The molecular formula is C39H54N2O64S16. The summed E-state index contributed by atoms with van der Waals surface area (Å²) in [5, 5.41) is 4.37. The minimum absolute atomic E-state index is 0.0485. The highest BCUT2D eigenvalue weighted by Gasteiger charge is 2.62. The summed E-state index contributed by atoms with van der Waals surface area (Å²) >= 11 is 0.0969. The Hall–Kier alpha value is -3.98. The highest BCUT2D eigenvalue weighted by molar-refractivity contribution is 8.00. The second kappa shape index (κ2) is 40.4. The van der Waals surface area contributed by atoms with Gasteiger partial charge in [0.25, 0.3) is 0 Å². The van der Waals surface area contributed by atoms with Crippen molar-refractivity contribution in [2.45, 2.75) is 137 Å². The Labute approximate surface area is 688 Å². The third kappa shape index (κ3) is 38.5. The summed E-state index contributed by atoms with van der Waals surface area (Å²) in [4.78, 5) is 25.8. The van der Waals surface area contributed by atoms with Crippen LogP contribution in [0.3, 0.4) is 0 Å². The molecule has 2 aromatic carbocycles. The number of benzene rings is 2. The second-order valence-corrected chi connectivity index (χ2v) is 39.9. The first kappa shape index (κ1) is 106. The van der Waals surface area contributed by atoms with Crippen LogP contribution in [0, 0.1) is 0 Å².